The van der Waals surface area contributed by atoms with Gasteiger partial charge in [-0.05, 0) is 49.1 Å². The lowest BCUT2D eigenvalue weighted by molar-refractivity contribution is -0.991. The molecule has 13 nitrogen and oxygen atoms in total. The molecule has 0 radical (unpaired) electrons. The number of hydrogen-bond acceptors (Lipinski definition) is 10. The molecule has 3 atom stereocenters. The number of carbonyl (C=O) groups is 4. The number of carboxylic acid groups (broad SMARTS) is 1. The number of aliphatic carboxylic acids is 1. The lowest BCUT2D eigenvalue weighted by atomic mass is 9.98. The molecule has 1 aliphatic carbocycles. The Hall–Kier alpha value is -4.98. The van der Waals surface area contributed by atoms with Crippen molar-refractivity contribution >= 4 is 29.9 Å². The number of ether oxygens (including phenoxy) is 4. The average molecular weight is 609 g/mol. The van der Waals surface area contributed by atoms with Crippen LogP contribution in [0.4, 0.5) is 15.3 Å². The molecular formula is C31H32N2O11. The standard InChI is InChI=1S/C31H32N2O11/c1-31(2,3)44-28(36)26(22-14-8-9-15-25(22)33(39)40)43-30(38)42-17-24(27(34)35)32-29(37)41-16-23-20-12-6-4-10-18(20)19-11-5-7-13-21(19)23/h4-15,23-24,26,33,39H,16-17H2,1-3H3,(H,32,37)(H,34,35)/t24-,26?/m0/s1. The number of hydrogen-bond donors (Lipinski definition) is 4. The van der Waals surface area contributed by atoms with Crippen LogP contribution in [0.3, 0.4) is 0 Å². The Labute approximate surface area is 252 Å². The highest BCUT2D eigenvalue weighted by molar-refractivity contribution is 5.82. The minimum Gasteiger partial charge on any atom is -0.595 e. The molecule has 13 heteroatoms. The van der Waals surface area contributed by atoms with Gasteiger partial charge in [0.25, 0.3) is 0 Å². The summed E-state index contributed by atoms with van der Waals surface area (Å²) in [4.78, 5) is 49.9. The monoisotopic (exact) mass is 608 g/mol. The Morgan fingerprint density at radius 1 is 0.909 bits per heavy atom. The van der Waals surface area contributed by atoms with Crippen LogP contribution < -0.4 is 10.5 Å². The first-order valence-electron chi connectivity index (χ1n) is 13.6. The molecule has 0 spiro atoms. The van der Waals surface area contributed by atoms with E-state index in [-0.39, 0.29) is 23.8 Å². The molecule has 3 aromatic carbocycles. The Kier molecular flexibility index (Phi) is 9.83. The summed E-state index contributed by atoms with van der Waals surface area (Å²) in [5.41, 5.74) is 2.44. The van der Waals surface area contributed by atoms with E-state index in [0.717, 1.165) is 22.3 Å². The molecule has 0 aromatic heterocycles. The third-order valence-corrected chi connectivity index (χ3v) is 6.61. The van der Waals surface area contributed by atoms with Crippen LogP contribution in [0, 0.1) is 5.21 Å². The minimum atomic E-state index is -1.84. The summed E-state index contributed by atoms with van der Waals surface area (Å²) in [6, 6.07) is 19.0. The number of fused-ring (bicyclic) bond motifs is 3. The number of alkyl carbamates (subject to hydrolysis) is 1. The fourth-order valence-corrected chi connectivity index (χ4v) is 4.75. The highest BCUT2D eigenvalue weighted by Gasteiger charge is 2.35. The van der Waals surface area contributed by atoms with Gasteiger partial charge in [0, 0.05) is 12.0 Å². The molecule has 0 heterocycles. The highest BCUT2D eigenvalue weighted by Crippen LogP contribution is 2.44. The van der Waals surface area contributed by atoms with Crippen LogP contribution in [0.1, 0.15) is 49.5 Å². The van der Waals surface area contributed by atoms with Gasteiger partial charge in [-0.15, -0.1) is 0 Å². The molecule has 44 heavy (non-hydrogen) atoms. The molecule has 2 unspecified atom stereocenters. The Morgan fingerprint density at radius 2 is 1.48 bits per heavy atom. The number of esters is 1. The number of benzene rings is 3. The highest BCUT2D eigenvalue weighted by atomic mass is 16.8. The number of quaternary nitrogens is 1. The second kappa shape index (κ2) is 13.5. The molecule has 0 fully saturated rings. The summed E-state index contributed by atoms with van der Waals surface area (Å²) in [5.74, 6) is -2.87. The maximum absolute atomic E-state index is 12.9. The molecule has 0 bridgehead atoms. The van der Waals surface area contributed by atoms with Crippen LogP contribution in [0.15, 0.2) is 72.8 Å². The number of amides is 1. The Morgan fingerprint density at radius 3 is 2.05 bits per heavy atom. The summed E-state index contributed by atoms with van der Waals surface area (Å²) >= 11 is 0. The van der Waals surface area contributed by atoms with E-state index in [1.54, 1.807) is 20.8 Å². The Bertz CT molecular complexity index is 1490. The van der Waals surface area contributed by atoms with E-state index in [2.05, 4.69) is 5.32 Å². The first-order valence-corrected chi connectivity index (χ1v) is 13.6. The molecule has 4 N–H and O–H groups in total. The zero-order valence-corrected chi connectivity index (χ0v) is 24.1. The SMILES string of the molecule is CC(C)(C)OC(=O)C(OC(=O)OC[C@H](NC(=O)OCC1c2ccccc2-c2ccccc21)C(=O)O)c1ccccc1[NH+]([O-])O. The summed E-state index contributed by atoms with van der Waals surface area (Å²) in [5, 5.41) is 31.6. The van der Waals surface area contributed by atoms with Crippen LogP contribution in [0.2, 0.25) is 0 Å². The van der Waals surface area contributed by atoms with E-state index in [1.165, 1.54) is 24.3 Å². The number of nitrogens with one attached hydrogen (secondary N) is 2. The molecule has 1 aliphatic rings. The van der Waals surface area contributed by atoms with Crippen LogP contribution in [0.25, 0.3) is 11.1 Å². The van der Waals surface area contributed by atoms with E-state index >= 15 is 0 Å². The van der Waals surface area contributed by atoms with Crippen molar-refractivity contribution in [3.63, 3.8) is 0 Å². The van der Waals surface area contributed by atoms with E-state index in [4.69, 9.17) is 18.9 Å². The molecule has 3 aromatic rings. The topological polar surface area (TPSA) is 185 Å². The fraction of sp³-hybridized carbons (Fsp3) is 0.290. The van der Waals surface area contributed by atoms with Crippen molar-refractivity contribution in [3.8, 4) is 11.1 Å². The van der Waals surface area contributed by atoms with Crippen molar-refractivity contribution in [3.05, 3.63) is 94.7 Å². The summed E-state index contributed by atoms with van der Waals surface area (Å²) < 4.78 is 20.7. The summed E-state index contributed by atoms with van der Waals surface area (Å²) in [6.07, 6.45) is -4.40. The van der Waals surface area contributed by atoms with Crippen molar-refractivity contribution in [1.82, 2.24) is 5.32 Å². The summed E-state index contributed by atoms with van der Waals surface area (Å²) in [7, 11) is 0. The number of rotatable bonds is 10. The van der Waals surface area contributed by atoms with Crippen molar-refractivity contribution < 1.29 is 53.7 Å². The van der Waals surface area contributed by atoms with Gasteiger partial charge in [-0.1, -0.05) is 60.7 Å². The molecule has 0 saturated heterocycles. The van der Waals surface area contributed by atoms with E-state index in [0.29, 0.717) is 0 Å². The van der Waals surface area contributed by atoms with Gasteiger partial charge in [0.1, 0.15) is 18.8 Å². The van der Waals surface area contributed by atoms with Crippen molar-refractivity contribution in [2.75, 3.05) is 13.2 Å². The Balaban J connectivity index is 1.39. The zero-order chi connectivity index (χ0) is 32.0. The second-order valence-electron chi connectivity index (χ2n) is 10.8. The van der Waals surface area contributed by atoms with E-state index < -0.39 is 53.8 Å². The van der Waals surface area contributed by atoms with E-state index in [1.807, 2.05) is 48.5 Å². The van der Waals surface area contributed by atoms with E-state index in [9.17, 15) is 34.7 Å². The smallest absolute Gasteiger partial charge is 0.509 e. The van der Waals surface area contributed by atoms with Crippen molar-refractivity contribution in [2.24, 2.45) is 0 Å². The fourth-order valence-electron chi connectivity index (χ4n) is 4.75. The van der Waals surface area contributed by atoms with Crippen molar-refractivity contribution in [1.29, 1.82) is 0 Å². The minimum absolute atomic E-state index is 0.0738. The molecule has 0 aliphatic heterocycles. The lowest BCUT2D eigenvalue weighted by Crippen LogP contribution is -2.99. The van der Waals surface area contributed by atoms with Crippen LogP contribution >= 0.6 is 0 Å². The third kappa shape index (κ3) is 7.69. The number of carbonyl (C=O) groups excluding carboxylic acids is 3. The summed E-state index contributed by atoms with van der Waals surface area (Å²) in [6.45, 7) is 3.73. The van der Waals surface area contributed by atoms with Gasteiger partial charge in [-0.3, -0.25) is 0 Å². The quantitative estimate of drug-likeness (QED) is 0.150. The van der Waals surface area contributed by atoms with Crippen molar-refractivity contribution in [2.45, 2.75) is 44.4 Å². The second-order valence-corrected chi connectivity index (χ2v) is 10.8. The molecule has 4 rings (SSSR count). The predicted octanol–water partition coefficient (Wildman–Crippen LogP) is 3.62. The molecule has 0 saturated carbocycles. The van der Waals surface area contributed by atoms with Gasteiger partial charge >= 0.3 is 24.2 Å². The zero-order valence-electron chi connectivity index (χ0n) is 24.1. The van der Waals surface area contributed by atoms with Crippen LogP contribution in [-0.2, 0) is 28.5 Å². The van der Waals surface area contributed by atoms with Gasteiger partial charge in [0.15, 0.2) is 11.7 Å². The third-order valence-electron chi connectivity index (χ3n) is 6.61. The largest absolute Gasteiger partial charge is 0.595 e. The molecule has 1 amide bonds. The maximum Gasteiger partial charge on any atom is 0.509 e. The first-order chi connectivity index (χ1) is 20.9. The normalized spacial score (nSPS) is 14.3. The number of para-hydroxylation sites is 1. The van der Waals surface area contributed by atoms with Gasteiger partial charge < -0.3 is 34.6 Å². The van der Waals surface area contributed by atoms with Gasteiger partial charge in [-0.2, -0.15) is 5.23 Å². The first kappa shape index (κ1) is 31.9. The number of carboxylic acids is 1. The molecular weight excluding hydrogens is 576 g/mol. The van der Waals surface area contributed by atoms with Gasteiger partial charge in [-0.25, -0.2) is 24.4 Å². The maximum atomic E-state index is 12.9. The molecule has 232 valence electrons. The van der Waals surface area contributed by atoms with Gasteiger partial charge in [0.2, 0.25) is 6.10 Å². The van der Waals surface area contributed by atoms with Gasteiger partial charge in [0.05, 0.1) is 5.56 Å². The van der Waals surface area contributed by atoms with Crippen LogP contribution in [0.5, 0.6) is 0 Å². The van der Waals surface area contributed by atoms with Crippen LogP contribution in [-0.4, -0.2) is 59.4 Å². The average Bonchev–Trinajstić information content (AvgIpc) is 3.29. The predicted molar refractivity (Wildman–Crippen MR) is 153 cm³/mol. The lowest BCUT2D eigenvalue weighted by Gasteiger charge is -2.25.